The molecule has 2 unspecified atom stereocenters. The van der Waals surface area contributed by atoms with E-state index in [4.69, 9.17) is 10.5 Å². The molecule has 6 heteroatoms. The molecule has 28 heavy (non-hydrogen) atoms. The molecule has 0 bridgehead atoms. The molecule has 2 fully saturated rings. The molecule has 3 N–H and O–H groups in total. The van der Waals surface area contributed by atoms with Crippen LogP contribution in [0.5, 0.6) is 0 Å². The average molecular weight is 388 g/mol. The van der Waals surface area contributed by atoms with E-state index < -0.39 is 0 Å². The Morgan fingerprint density at radius 1 is 1.11 bits per heavy atom. The van der Waals surface area contributed by atoms with Gasteiger partial charge in [-0.15, -0.1) is 0 Å². The van der Waals surface area contributed by atoms with Crippen LogP contribution in [0.3, 0.4) is 0 Å². The van der Waals surface area contributed by atoms with E-state index in [1.165, 1.54) is 6.42 Å². The van der Waals surface area contributed by atoms with Gasteiger partial charge in [0.15, 0.2) is 0 Å². The van der Waals surface area contributed by atoms with Crippen molar-refractivity contribution in [3.8, 4) is 0 Å². The molecule has 2 amide bonds. The maximum Gasteiger partial charge on any atom is 0.254 e. The Hall–Kier alpha value is -1.92. The monoisotopic (exact) mass is 387 g/mol. The van der Waals surface area contributed by atoms with Crippen molar-refractivity contribution < 1.29 is 14.3 Å². The number of hydrogen-bond donors (Lipinski definition) is 2. The van der Waals surface area contributed by atoms with Crippen LogP contribution in [0.15, 0.2) is 24.3 Å². The molecule has 2 aliphatic rings. The van der Waals surface area contributed by atoms with Crippen LogP contribution in [0.25, 0.3) is 0 Å². The van der Waals surface area contributed by atoms with Crippen LogP contribution in [-0.2, 0) is 9.53 Å². The molecular weight excluding hydrogens is 354 g/mol. The molecule has 0 aromatic heterocycles. The number of nitrogens with zero attached hydrogens (tertiary/aromatic N) is 1. The number of nitrogens with two attached hydrogens (primary N) is 1. The van der Waals surface area contributed by atoms with Gasteiger partial charge >= 0.3 is 0 Å². The highest BCUT2D eigenvalue weighted by atomic mass is 16.5. The highest BCUT2D eigenvalue weighted by Crippen LogP contribution is 2.38. The Balaban J connectivity index is 1.58. The van der Waals surface area contributed by atoms with E-state index in [0.29, 0.717) is 37.3 Å². The van der Waals surface area contributed by atoms with E-state index >= 15 is 0 Å². The van der Waals surface area contributed by atoms with Crippen molar-refractivity contribution in [1.29, 1.82) is 0 Å². The summed E-state index contributed by atoms with van der Waals surface area (Å²) in [6.07, 6.45) is 6.15. The maximum absolute atomic E-state index is 12.7. The summed E-state index contributed by atoms with van der Waals surface area (Å²) >= 11 is 0. The van der Waals surface area contributed by atoms with Crippen LogP contribution in [0.4, 0.5) is 5.69 Å². The first kappa shape index (κ1) is 20.8. The third kappa shape index (κ3) is 5.11. The Morgan fingerprint density at radius 3 is 2.29 bits per heavy atom. The van der Waals surface area contributed by atoms with Gasteiger partial charge in [-0.3, -0.25) is 9.59 Å². The van der Waals surface area contributed by atoms with Gasteiger partial charge in [-0.05, 0) is 62.9 Å². The molecule has 1 heterocycles. The molecule has 1 saturated heterocycles. The minimum atomic E-state index is -0.0536. The summed E-state index contributed by atoms with van der Waals surface area (Å²) in [6.45, 7) is 5.72. The molecule has 0 spiro atoms. The molecule has 1 aromatic rings. The molecule has 1 aliphatic carbocycles. The number of anilines is 1. The van der Waals surface area contributed by atoms with Gasteiger partial charge in [0, 0.05) is 30.8 Å². The van der Waals surface area contributed by atoms with Crippen LogP contribution in [0, 0.1) is 5.41 Å². The number of rotatable bonds is 5. The zero-order chi connectivity index (χ0) is 20.1. The van der Waals surface area contributed by atoms with E-state index in [1.807, 2.05) is 18.7 Å². The summed E-state index contributed by atoms with van der Waals surface area (Å²) in [5, 5.41) is 2.97. The molecule has 1 aromatic carbocycles. The van der Waals surface area contributed by atoms with E-state index in [2.05, 4.69) is 5.32 Å². The van der Waals surface area contributed by atoms with Crippen LogP contribution in [-0.4, -0.2) is 48.6 Å². The first-order valence-electron chi connectivity index (χ1n) is 10.5. The molecule has 1 aliphatic heterocycles. The largest absolute Gasteiger partial charge is 0.372 e. The number of carbonyl (C=O) groups is 2. The molecule has 2 atom stereocenters. The van der Waals surface area contributed by atoms with Crippen molar-refractivity contribution in [3.63, 3.8) is 0 Å². The zero-order valence-electron chi connectivity index (χ0n) is 17.1. The van der Waals surface area contributed by atoms with Crippen LogP contribution < -0.4 is 11.1 Å². The molecule has 3 rings (SSSR count). The summed E-state index contributed by atoms with van der Waals surface area (Å²) in [5.41, 5.74) is 7.28. The van der Waals surface area contributed by atoms with Crippen LogP contribution >= 0.6 is 0 Å². The zero-order valence-corrected chi connectivity index (χ0v) is 17.1. The van der Waals surface area contributed by atoms with Crippen molar-refractivity contribution in [2.75, 3.05) is 25.0 Å². The van der Waals surface area contributed by atoms with Crippen molar-refractivity contribution in [1.82, 2.24) is 4.90 Å². The first-order valence-corrected chi connectivity index (χ1v) is 10.5. The Bertz CT molecular complexity index is 673. The number of morpholine rings is 1. The summed E-state index contributed by atoms with van der Waals surface area (Å²) in [5.74, 6) is 0.00595. The van der Waals surface area contributed by atoms with Gasteiger partial charge in [-0.25, -0.2) is 0 Å². The Labute approximate surface area is 167 Å². The van der Waals surface area contributed by atoms with Gasteiger partial charge in [0.25, 0.3) is 5.91 Å². The fourth-order valence-electron chi connectivity index (χ4n) is 4.52. The number of ether oxygens (including phenoxy) is 1. The number of hydrogen-bond acceptors (Lipinski definition) is 4. The lowest BCUT2D eigenvalue weighted by Crippen LogP contribution is -2.48. The highest BCUT2D eigenvalue weighted by molar-refractivity contribution is 5.96. The quantitative estimate of drug-likeness (QED) is 0.813. The minimum absolute atomic E-state index is 0.00209. The van der Waals surface area contributed by atoms with E-state index in [-0.39, 0.29) is 29.4 Å². The van der Waals surface area contributed by atoms with E-state index in [9.17, 15) is 9.59 Å². The Kier molecular flexibility index (Phi) is 6.73. The lowest BCUT2D eigenvalue weighted by atomic mass is 9.71. The van der Waals surface area contributed by atoms with Crippen LogP contribution in [0.1, 0.15) is 62.7 Å². The van der Waals surface area contributed by atoms with Crippen molar-refractivity contribution in [2.45, 2.75) is 64.6 Å². The predicted octanol–water partition coefficient (Wildman–Crippen LogP) is 3.17. The lowest BCUT2D eigenvalue weighted by Gasteiger charge is -2.35. The topological polar surface area (TPSA) is 84.7 Å². The van der Waals surface area contributed by atoms with Gasteiger partial charge in [0.2, 0.25) is 5.91 Å². The second kappa shape index (κ2) is 9.05. The number of benzene rings is 1. The molecule has 0 radical (unpaired) electrons. The SMILES string of the molecule is CC1CN(C(=O)c2ccc(NC(=O)CC3(CN)CCCCC3)cc2)CC(C)O1. The van der Waals surface area contributed by atoms with Gasteiger partial charge in [-0.2, -0.15) is 0 Å². The second-order valence-electron chi connectivity index (χ2n) is 8.53. The minimum Gasteiger partial charge on any atom is -0.372 e. The molecule has 154 valence electrons. The Morgan fingerprint density at radius 2 is 1.71 bits per heavy atom. The fraction of sp³-hybridized carbons (Fsp3) is 0.636. The average Bonchev–Trinajstić information content (AvgIpc) is 2.68. The van der Waals surface area contributed by atoms with Gasteiger partial charge in [0.05, 0.1) is 12.2 Å². The number of carbonyl (C=O) groups excluding carboxylic acids is 2. The van der Waals surface area contributed by atoms with Crippen LogP contribution in [0.2, 0.25) is 0 Å². The summed E-state index contributed by atoms with van der Waals surface area (Å²) in [6, 6.07) is 7.16. The van der Waals surface area contributed by atoms with Crippen molar-refractivity contribution in [2.24, 2.45) is 11.1 Å². The van der Waals surface area contributed by atoms with E-state index in [0.717, 1.165) is 25.7 Å². The van der Waals surface area contributed by atoms with Crippen molar-refractivity contribution in [3.05, 3.63) is 29.8 Å². The van der Waals surface area contributed by atoms with Crippen molar-refractivity contribution >= 4 is 17.5 Å². The molecular formula is C22H33N3O3. The van der Waals surface area contributed by atoms with E-state index in [1.54, 1.807) is 24.3 Å². The third-order valence-electron chi connectivity index (χ3n) is 6.01. The normalized spacial score (nSPS) is 24.6. The lowest BCUT2D eigenvalue weighted by molar-refractivity contribution is -0.118. The van der Waals surface area contributed by atoms with Gasteiger partial charge in [0.1, 0.15) is 0 Å². The predicted molar refractivity (Wildman–Crippen MR) is 110 cm³/mol. The third-order valence-corrected chi connectivity index (χ3v) is 6.01. The molecule has 6 nitrogen and oxygen atoms in total. The van der Waals surface area contributed by atoms with Gasteiger partial charge in [-0.1, -0.05) is 19.3 Å². The number of nitrogens with one attached hydrogen (secondary N) is 1. The number of amides is 2. The highest BCUT2D eigenvalue weighted by Gasteiger charge is 2.33. The summed E-state index contributed by atoms with van der Waals surface area (Å²) < 4.78 is 5.69. The first-order chi connectivity index (χ1) is 13.4. The van der Waals surface area contributed by atoms with Gasteiger partial charge < -0.3 is 20.7 Å². The smallest absolute Gasteiger partial charge is 0.254 e. The fourth-order valence-corrected chi connectivity index (χ4v) is 4.52. The summed E-state index contributed by atoms with van der Waals surface area (Å²) in [7, 11) is 0. The standard InChI is InChI=1S/C22H33N3O3/c1-16-13-25(14-17(2)28-16)21(27)18-6-8-19(9-7-18)24-20(26)12-22(15-23)10-4-3-5-11-22/h6-9,16-17H,3-5,10-15,23H2,1-2H3,(H,24,26). The maximum atomic E-state index is 12.7. The molecule has 1 saturated carbocycles. The summed E-state index contributed by atoms with van der Waals surface area (Å²) in [4.78, 5) is 27.1. The second-order valence-corrected chi connectivity index (χ2v) is 8.53.